The van der Waals surface area contributed by atoms with Gasteiger partial charge >= 0.3 is 63.3 Å². The molecule has 2 aromatic carbocycles. The van der Waals surface area contributed by atoms with Crippen molar-refractivity contribution in [3.8, 4) is 0 Å². The van der Waals surface area contributed by atoms with Gasteiger partial charge in [0.2, 0.25) is 11.4 Å². The molecule has 0 radical (unpaired) electrons. The van der Waals surface area contributed by atoms with Crippen LogP contribution >= 0.6 is 0 Å². The maximum Gasteiger partial charge on any atom is 1.00 e. The normalized spacial score (nSPS) is 17.9. The van der Waals surface area contributed by atoms with Crippen LogP contribution in [0.5, 0.6) is 0 Å². The molecule has 0 saturated heterocycles. The average molecular weight is 805 g/mol. The summed E-state index contributed by atoms with van der Waals surface area (Å²) in [6.45, 7) is 18.7. The van der Waals surface area contributed by atoms with Crippen LogP contribution in [0.4, 0.5) is 11.4 Å². The molecular weight excluding hydrogens is 760 g/mol. The molecule has 2 aliphatic heterocycles. The van der Waals surface area contributed by atoms with Gasteiger partial charge in [-0.3, -0.25) is 20.3 Å². The molecule has 2 N–H and O–H groups in total. The summed E-state index contributed by atoms with van der Waals surface area (Å²) < 4.78 is 38.0. The number of allylic oxidation sites excluding steroid dienone is 5. The van der Waals surface area contributed by atoms with Crippen molar-refractivity contribution in [1.82, 2.24) is 0 Å². The van der Waals surface area contributed by atoms with E-state index < -0.39 is 37.8 Å². The Balaban J connectivity index is 0.00000696. The van der Waals surface area contributed by atoms with E-state index in [-0.39, 0.29) is 92.4 Å². The Bertz CT molecular complexity index is 2320. The Morgan fingerprint density at radius 3 is 2.18 bits per heavy atom. The Morgan fingerprint density at radius 1 is 0.946 bits per heavy atom. The van der Waals surface area contributed by atoms with Crippen LogP contribution < -0.4 is 56.3 Å². The summed E-state index contributed by atoms with van der Waals surface area (Å²) in [5.74, 6) is -0.133. The van der Waals surface area contributed by atoms with E-state index in [2.05, 4.69) is 29.7 Å². The fourth-order valence-electron chi connectivity index (χ4n) is 7.84. The molecule has 56 heavy (non-hydrogen) atoms. The van der Waals surface area contributed by atoms with Crippen molar-refractivity contribution in [2.75, 3.05) is 18.0 Å². The van der Waals surface area contributed by atoms with Crippen LogP contribution in [0.25, 0.3) is 10.3 Å². The van der Waals surface area contributed by atoms with Gasteiger partial charge in [-0.15, -0.1) is 0 Å². The molecule has 0 atom stereocenters. The molecule has 14 heteroatoms. The van der Waals surface area contributed by atoms with Crippen molar-refractivity contribution in [3.63, 3.8) is 0 Å². The van der Waals surface area contributed by atoms with E-state index in [0.29, 0.717) is 68.6 Å². The Kier molecular flexibility index (Phi) is 14.3. The van der Waals surface area contributed by atoms with Crippen LogP contribution in [0, 0.1) is 13.5 Å². The second-order valence-electron chi connectivity index (χ2n) is 15.3. The number of Topliss-reactive ketones (excluding diaryl/α,β-unsaturated/α-hetero) is 1. The second-order valence-corrected chi connectivity index (χ2v) is 16.7. The number of ketones is 1. The number of nitrogens with zero attached hydrogens (tertiary/aromatic N) is 4. The predicted octanol–water partition coefficient (Wildman–Crippen LogP) is 4.10. The number of carboxylic acids is 2. The van der Waals surface area contributed by atoms with Crippen molar-refractivity contribution in [2.45, 2.75) is 102 Å². The van der Waals surface area contributed by atoms with E-state index in [9.17, 15) is 32.8 Å². The average Bonchev–Trinajstić information content (AvgIpc) is 3.45. The Morgan fingerprint density at radius 2 is 1.59 bits per heavy atom. The predicted molar refractivity (Wildman–Crippen MR) is 208 cm³/mol. The fourth-order valence-corrected chi connectivity index (χ4v) is 8.34. The van der Waals surface area contributed by atoms with Crippen molar-refractivity contribution < 1.29 is 93.5 Å². The van der Waals surface area contributed by atoms with E-state index in [0.717, 1.165) is 22.5 Å². The minimum atomic E-state index is -4.78. The largest absolute Gasteiger partial charge is 1.00 e. The quantitative estimate of drug-likeness (QED) is 0.0480. The van der Waals surface area contributed by atoms with Gasteiger partial charge in [-0.05, 0) is 76.3 Å². The van der Waals surface area contributed by atoms with E-state index >= 15 is 0 Å². The van der Waals surface area contributed by atoms with E-state index in [1.165, 1.54) is 12.1 Å². The minimum absolute atomic E-state index is 0. The maximum atomic E-state index is 14.4. The third-order valence-corrected chi connectivity index (χ3v) is 11.6. The van der Waals surface area contributed by atoms with Crippen molar-refractivity contribution in [2.24, 2.45) is 0 Å². The van der Waals surface area contributed by atoms with Gasteiger partial charge in [0.1, 0.15) is 16.7 Å². The molecule has 0 aromatic heterocycles. The number of hydrogen-bond acceptors (Lipinski definition) is 7. The van der Waals surface area contributed by atoms with Gasteiger partial charge in [0.25, 0.3) is 0 Å². The first-order valence-electron chi connectivity index (χ1n) is 18.3. The molecule has 2 heterocycles. The van der Waals surface area contributed by atoms with E-state index in [1.54, 1.807) is 18.2 Å². The number of aryl methyl sites for hydroxylation is 1. The van der Waals surface area contributed by atoms with Crippen LogP contribution in [-0.2, 0) is 35.3 Å². The van der Waals surface area contributed by atoms with Gasteiger partial charge in [0.05, 0.1) is 16.9 Å². The second kappa shape index (κ2) is 17.8. The topological polar surface area (TPSA) is 182 Å². The third kappa shape index (κ3) is 9.01. The molecule has 5 rings (SSSR count). The smallest absolute Gasteiger partial charge is 0.775 e. The first-order valence-corrected chi connectivity index (χ1v) is 19.7. The number of unbranched alkanes of at least 4 members (excludes halogenated alkanes) is 4. The molecule has 12 nitrogen and oxygen atoms in total. The number of anilines is 1. The molecule has 0 fully saturated rings. The molecule has 0 unspecified atom stereocenters. The zero-order valence-corrected chi connectivity index (χ0v) is 36.7. The van der Waals surface area contributed by atoms with Gasteiger partial charge in [-0.1, -0.05) is 38.0 Å². The molecule has 0 amide bonds. The summed E-state index contributed by atoms with van der Waals surface area (Å²) in [6.07, 6.45) is 7.07. The summed E-state index contributed by atoms with van der Waals surface area (Å²) in [4.78, 5) is 41.8. The first-order chi connectivity index (χ1) is 25.8. The number of carbonyl (C=O) groups excluding carboxylic acids is 1. The van der Waals surface area contributed by atoms with Gasteiger partial charge in [0.15, 0.2) is 11.5 Å². The van der Waals surface area contributed by atoms with Crippen LogP contribution in [0.15, 0.2) is 81.6 Å². The van der Waals surface area contributed by atoms with E-state index in [4.69, 9.17) is 16.8 Å². The molecule has 0 spiro atoms. The molecule has 3 aliphatic rings. The summed E-state index contributed by atoms with van der Waals surface area (Å²) >= 11 is 0. The molecule has 2 aromatic rings. The SMILES string of the molecule is [C-]#[N+]C(=C=[N-])C1=C(C=C2N(CCCCCC(=O)O)c3ccc(C)cc3C2(C)C)C(=O)C1=CC1=[N+](CCCCCC(=O)O)c2ccc(S(=O)(=O)[O-])cc2C1(C)C.[K+]. The minimum Gasteiger partial charge on any atom is -0.775 e. The summed E-state index contributed by atoms with van der Waals surface area (Å²) in [6, 6.07) is 10.3. The summed E-state index contributed by atoms with van der Waals surface area (Å²) in [5, 5.41) is 28.4. The maximum absolute atomic E-state index is 14.4. The van der Waals surface area contributed by atoms with Crippen molar-refractivity contribution in [3.05, 3.63) is 110 Å². The van der Waals surface area contributed by atoms with Gasteiger partial charge < -0.3 is 25.1 Å². The fraction of sp³-hybridized carbons (Fsp3) is 0.405. The zero-order chi connectivity index (χ0) is 40.5. The van der Waals surface area contributed by atoms with Crippen molar-refractivity contribution >= 4 is 50.8 Å². The van der Waals surface area contributed by atoms with Gasteiger partial charge in [0, 0.05) is 77.0 Å². The number of hydrogen-bond donors (Lipinski definition) is 2. The zero-order valence-electron chi connectivity index (χ0n) is 32.7. The molecule has 1 aliphatic carbocycles. The number of fused-ring (bicyclic) bond motifs is 2. The monoisotopic (exact) mass is 804 g/mol. The number of benzene rings is 2. The summed E-state index contributed by atoms with van der Waals surface area (Å²) in [5.41, 5.74) is 4.55. The number of aliphatic carboxylic acids is 2. The Labute approximate surface area is 370 Å². The Hall–Kier alpha value is -3.77. The van der Waals surface area contributed by atoms with Crippen LogP contribution in [0.3, 0.4) is 0 Å². The van der Waals surface area contributed by atoms with Crippen LogP contribution in [0.2, 0.25) is 0 Å². The number of rotatable bonds is 16. The molecule has 0 saturated carbocycles. The van der Waals surface area contributed by atoms with Crippen LogP contribution in [-0.4, -0.2) is 70.2 Å². The van der Waals surface area contributed by atoms with Crippen LogP contribution in [0.1, 0.15) is 95.8 Å². The number of carboxylic acid groups (broad SMARTS) is 2. The van der Waals surface area contributed by atoms with Crippen molar-refractivity contribution in [1.29, 1.82) is 0 Å². The van der Waals surface area contributed by atoms with Gasteiger partial charge in [-0.25, -0.2) is 13.3 Å². The molecule has 0 bridgehead atoms. The summed E-state index contributed by atoms with van der Waals surface area (Å²) in [7, 11) is -4.78. The van der Waals surface area contributed by atoms with Gasteiger partial charge in [-0.2, -0.15) is 4.58 Å². The standard InChI is InChI=1S/C42H46N4O8S.K/c1-26-15-17-33-30(21-26)41(2,3)35(45(33)19-11-7-9-13-37(47)48)23-28-39(32(25-43)44-6)29(40(28)51)24-36-42(4,5)31-22-27(55(52,53)54)16-18-34(31)46(36)20-12-8-10-14-38(49)50;/h15-18,21-24H,7-14,19-20H2,1-5H3,(H,47,48)(H,49,50)(H,52,53,54);/q;+1/p-1. The first kappa shape index (κ1) is 44.9. The molecule has 288 valence electrons. The molecular formula is C42H45KN4O8S. The van der Waals surface area contributed by atoms with E-state index in [1.807, 2.05) is 43.3 Å². The third-order valence-electron chi connectivity index (χ3n) is 10.8. The number of carbonyl (C=O) groups is 3.